The quantitative estimate of drug-likeness (QED) is 0.908. The van der Waals surface area contributed by atoms with Gasteiger partial charge in [0.2, 0.25) is 0 Å². The number of rotatable bonds is 3. The van der Waals surface area contributed by atoms with Gasteiger partial charge in [-0.05, 0) is 26.7 Å². The van der Waals surface area contributed by atoms with E-state index in [0.717, 1.165) is 16.3 Å². The van der Waals surface area contributed by atoms with Crippen molar-refractivity contribution in [1.29, 1.82) is 0 Å². The standard InChI is InChI=1S/C11H16N2O4S2/c1-7-11(18-8(2)12-7)19(16,17)13-5-3-9(4-6-13)10(14)15/h9H,3-6H2,1-2H3,(H,14,15). The number of carbonyl (C=O) groups is 1. The van der Waals surface area contributed by atoms with E-state index in [9.17, 15) is 13.2 Å². The Morgan fingerprint density at radius 1 is 1.37 bits per heavy atom. The van der Waals surface area contributed by atoms with Crippen LogP contribution in [0, 0.1) is 19.8 Å². The highest BCUT2D eigenvalue weighted by atomic mass is 32.2. The van der Waals surface area contributed by atoms with Crippen LogP contribution in [-0.4, -0.2) is 41.9 Å². The maximum Gasteiger partial charge on any atom is 0.306 e. The van der Waals surface area contributed by atoms with Gasteiger partial charge in [0.25, 0.3) is 10.0 Å². The van der Waals surface area contributed by atoms with Crippen LogP contribution in [0.4, 0.5) is 0 Å². The zero-order valence-electron chi connectivity index (χ0n) is 10.8. The van der Waals surface area contributed by atoms with E-state index in [1.165, 1.54) is 4.31 Å². The predicted molar refractivity (Wildman–Crippen MR) is 70.7 cm³/mol. The summed E-state index contributed by atoms with van der Waals surface area (Å²) >= 11 is 1.16. The maximum atomic E-state index is 12.4. The lowest BCUT2D eigenvalue weighted by Gasteiger charge is -2.28. The number of aromatic nitrogens is 1. The summed E-state index contributed by atoms with van der Waals surface area (Å²) in [7, 11) is -3.52. The Morgan fingerprint density at radius 2 is 1.95 bits per heavy atom. The Kier molecular flexibility index (Phi) is 3.93. The zero-order chi connectivity index (χ0) is 14.2. The van der Waals surface area contributed by atoms with Crippen LogP contribution in [0.3, 0.4) is 0 Å². The van der Waals surface area contributed by atoms with Crippen LogP contribution in [-0.2, 0) is 14.8 Å². The van der Waals surface area contributed by atoms with E-state index >= 15 is 0 Å². The van der Waals surface area contributed by atoms with Crippen molar-refractivity contribution in [3.05, 3.63) is 10.7 Å². The summed E-state index contributed by atoms with van der Waals surface area (Å²) in [5, 5.41) is 9.63. The smallest absolute Gasteiger partial charge is 0.306 e. The minimum Gasteiger partial charge on any atom is -0.481 e. The highest BCUT2D eigenvalue weighted by Crippen LogP contribution is 2.29. The molecule has 1 aliphatic rings. The third-order valence-corrected chi connectivity index (χ3v) is 6.80. The highest BCUT2D eigenvalue weighted by molar-refractivity contribution is 7.91. The number of carboxylic acid groups (broad SMARTS) is 1. The van der Waals surface area contributed by atoms with Crippen LogP contribution in [0.2, 0.25) is 0 Å². The Labute approximate surface area is 116 Å². The Bertz CT molecular complexity index is 586. The van der Waals surface area contributed by atoms with Crippen LogP contribution in [0.1, 0.15) is 23.5 Å². The van der Waals surface area contributed by atoms with Gasteiger partial charge in [-0.3, -0.25) is 4.79 Å². The first-order valence-electron chi connectivity index (χ1n) is 5.99. The van der Waals surface area contributed by atoms with E-state index in [0.29, 0.717) is 18.5 Å². The molecule has 0 amide bonds. The number of carboxylic acids is 1. The molecule has 0 radical (unpaired) electrons. The molecule has 0 atom stereocenters. The molecule has 1 aromatic rings. The lowest BCUT2D eigenvalue weighted by Crippen LogP contribution is -2.40. The molecule has 0 spiro atoms. The molecule has 106 valence electrons. The molecule has 0 saturated carbocycles. The van der Waals surface area contributed by atoms with Crippen LogP contribution in [0.5, 0.6) is 0 Å². The number of thiazole rings is 1. The second-order valence-electron chi connectivity index (χ2n) is 4.62. The van der Waals surface area contributed by atoms with Gasteiger partial charge in [0.15, 0.2) is 4.21 Å². The Morgan fingerprint density at radius 3 is 2.37 bits per heavy atom. The first-order valence-corrected chi connectivity index (χ1v) is 8.25. The molecule has 0 aromatic carbocycles. The number of sulfonamides is 1. The van der Waals surface area contributed by atoms with Crippen molar-refractivity contribution in [2.75, 3.05) is 13.1 Å². The number of hydrogen-bond acceptors (Lipinski definition) is 5. The lowest BCUT2D eigenvalue weighted by atomic mass is 9.99. The Hall–Kier alpha value is -0.990. The predicted octanol–water partition coefficient (Wildman–Crippen LogP) is 1.25. The van der Waals surface area contributed by atoms with E-state index in [1.807, 2.05) is 0 Å². The highest BCUT2D eigenvalue weighted by Gasteiger charge is 2.34. The van der Waals surface area contributed by atoms with Crippen LogP contribution >= 0.6 is 11.3 Å². The number of piperidine rings is 1. The number of hydrogen-bond donors (Lipinski definition) is 1. The summed E-state index contributed by atoms with van der Waals surface area (Å²) in [6, 6.07) is 0. The molecule has 1 saturated heterocycles. The maximum absolute atomic E-state index is 12.4. The number of aryl methyl sites for hydroxylation is 2. The fourth-order valence-electron chi connectivity index (χ4n) is 2.21. The molecule has 1 N–H and O–H groups in total. The van der Waals surface area contributed by atoms with E-state index in [1.54, 1.807) is 13.8 Å². The molecule has 1 aromatic heterocycles. The molecule has 0 unspecified atom stereocenters. The minimum absolute atomic E-state index is 0.260. The van der Waals surface area contributed by atoms with Crippen molar-refractivity contribution in [3.8, 4) is 0 Å². The molecule has 1 aliphatic heterocycles. The van der Waals surface area contributed by atoms with E-state index < -0.39 is 21.9 Å². The van der Waals surface area contributed by atoms with Gasteiger partial charge in [0.05, 0.1) is 16.6 Å². The van der Waals surface area contributed by atoms with Crippen molar-refractivity contribution >= 4 is 27.3 Å². The van der Waals surface area contributed by atoms with Crippen molar-refractivity contribution < 1.29 is 18.3 Å². The first kappa shape index (κ1) is 14.4. The van der Waals surface area contributed by atoms with Gasteiger partial charge in [-0.15, -0.1) is 11.3 Å². The van der Waals surface area contributed by atoms with Gasteiger partial charge >= 0.3 is 5.97 Å². The molecule has 2 rings (SSSR count). The van der Waals surface area contributed by atoms with Crippen molar-refractivity contribution in [2.45, 2.75) is 30.9 Å². The summed E-state index contributed by atoms with van der Waals surface area (Å²) < 4.78 is 26.5. The summed E-state index contributed by atoms with van der Waals surface area (Å²) in [6.07, 6.45) is 0.733. The molecule has 2 heterocycles. The van der Waals surface area contributed by atoms with E-state index in [4.69, 9.17) is 5.11 Å². The molecular weight excluding hydrogens is 288 g/mol. The van der Waals surface area contributed by atoms with Gasteiger partial charge in [0.1, 0.15) is 0 Å². The monoisotopic (exact) mass is 304 g/mol. The third kappa shape index (κ3) is 2.80. The second-order valence-corrected chi connectivity index (χ2v) is 7.96. The van der Waals surface area contributed by atoms with Crippen molar-refractivity contribution in [2.24, 2.45) is 5.92 Å². The molecule has 0 bridgehead atoms. The molecular formula is C11H16N2O4S2. The van der Waals surface area contributed by atoms with E-state index in [2.05, 4.69) is 4.98 Å². The van der Waals surface area contributed by atoms with Gasteiger partial charge in [-0.2, -0.15) is 4.31 Å². The zero-order valence-corrected chi connectivity index (χ0v) is 12.4. The molecule has 1 fully saturated rings. The first-order chi connectivity index (χ1) is 8.82. The van der Waals surface area contributed by atoms with Crippen LogP contribution in [0.15, 0.2) is 4.21 Å². The van der Waals surface area contributed by atoms with Gasteiger partial charge in [-0.25, -0.2) is 13.4 Å². The van der Waals surface area contributed by atoms with Crippen LogP contribution in [0.25, 0.3) is 0 Å². The fourth-order valence-corrected chi connectivity index (χ4v) is 5.30. The van der Waals surface area contributed by atoms with Crippen molar-refractivity contribution in [1.82, 2.24) is 9.29 Å². The molecule has 0 aliphatic carbocycles. The second kappa shape index (κ2) is 5.18. The average molecular weight is 304 g/mol. The third-order valence-electron chi connectivity index (χ3n) is 3.24. The number of nitrogens with zero attached hydrogens (tertiary/aromatic N) is 2. The van der Waals surface area contributed by atoms with Gasteiger partial charge in [-0.1, -0.05) is 0 Å². The normalized spacial score (nSPS) is 18.6. The van der Waals surface area contributed by atoms with Crippen LogP contribution < -0.4 is 0 Å². The Balaban J connectivity index is 2.19. The van der Waals surface area contributed by atoms with Gasteiger partial charge < -0.3 is 5.11 Å². The lowest BCUT2D eigenvalue weighted by molar-refractivity contribution is -0.142. The minimum atomic E-state index is -3.52. The topological polar surface area (TPSA) is 87.6 Å². The van der Waals surface area contributed by atoms with Crippen molar-refractivity contribution in [3.63, 3.8) is 0 Å². The van der Waals surface area contributed by atoms with E-state index in [-0.39, 0.29) is 17.3 Å². The fraction of sp³-hybridized carbons (Fsp3) is 0.636. The summed E-state index contributed by atoms with van der Waals surface area (Å²) in [5.74, 6) is -1.28. The summed E-state index contributed by atoms with van der Waals surface area (Å²) in [6.45, 7) is 3.97. The molecule has 8 heteroatoms. The largest absolute Gasteiger partial charge is 0.481 e. The number of aliphatic carboxylic acids is 1. The molecule has 19 heavy (non-hydrogen) atoms. The molecule has 6 nitrogen and oxygen atoms in total. The summed E-state index contributed by atoms with van der Waals surface area (Å²) in [4.78, 5) is 15.0. The average Bonchev–Trinajstić information content (AvgIpc) is 2.69. The van der Waals surface area contributed by atoms with Gasteiger partial charge in [0, 0.05) is 13.1 Å². The summed E-state index contributed by atoms with van der Waals surface area (Å²) in [5.41, 5.74) is 0.517. The SMILES string of the molecule is Cc1nc(C)c(S(=O)(=O)N2CCC(C(=O)O)CC2)s1.